The molecule has 82 valence electrons. The monoisotopic (exact) mass is 204 g/mol. The van der Waals surface area contributed by atoms with Crippen LogP contribution >= 0.6 is 0 Å². The van der Waals surface area contributed by atoms with Gasteiger partial charge in [0.05, 0.1) is 0 Å². The normalized spacial score (nSPS) is 22.9. The summed E-state index contributed by atoms with van der Waals surface area (Å²) in [6.45, 7) is 3.31. The first-order valence-corrected chi connectivity index (χ1v) is 5.88. The van der Waals surface area contributed by atoms with E-state index < -0.39 is 0 Å². The fraction of sp³-hybridized carbons (Fsp3) is 0.615. The van der Waals surface area contributed by atoms with Crippen LogP contribution in [0.5, 0.6) is 0 Å². The zero-order valence-electron chi connectivity index (χ0n) is 9.74. The van der Waals surface area contributed by atoms with Gasteiger partial charge in [0.25, 0.3) is 0 Å². The lowest BCUT2D eigenvalue weighted by molar-refractivity contribution is 0.183. The van der Waals surface area contributed by atoms with E-state index in [1.54, 1.807) is 0 Å². The Hall–Kier alpha value is -0.890. The number of aryl methyl sites for hydroxylation is 1. The Balaban J connectivity index is 2.01. The molecule has 0 saturated carbocycles. The molecule has 0 spiro atoms. The van der Waals surface area contributed by atoms with Crippen LogP contribution in [0.2, 0.25) is 0 Å². The summed E-state index contributed by atoms with van der Waals surface area (Å²) in [6, 6.07) is 7.03. The van der Waals surface area contributed by atoms with Gasteiger partial charge in [-0.1, -0.05) is 12.5 Å². The van der Waals surface area contributed by atoms with Crippen molar-refractivity contribution in [2.75, 3.05) is 13.6 Å². The highest BCUT2D eigenvalue weighted by Gasteiger charge is 2.19. The lowest BCUT2D eigenvalue weighted by atomic mass is 9.98. The molecule has 1 fully saturated rings. The molecule has 1 aliphatic rings. The molecule has 1 aliphatic heterocycles. The van der Waals surface area contributed by atoms with E-state index in [4.69, 9.17) is 0 Å². The molecule has 1 saturated heterocycles. The van der Waals surface area contributed by atoms with E-state index in [0.29, 0.717) is 6.04 Å². The van der Waals surface area contributed by atoms with Gasteiger partial charge in [-0.25, -0.2) is 0 Å². The Kier molecular flexibility index (Phi) is 3.37. The van der Waals surface area contributed by atoms with Gasteiger partial charge in [0.15, 0.2) is 0 Å². The van der Waals surface area contributed by atoms with Crippen LogP contribution in [0, 0.1) is 6.92 Å². The molecule has 2 heterocycles. The maximum atomic E-state index is 4.58. The number of aromatic nitrogens is 1. The number of likely N-dealkylation sites (tertiary alicyclic amines) is 1. The molecule has 0 amide bonds. The molecule has 1 aromatic rings. The van der Waals surface area contributed by atoms with Gasteiger partial charge in [0.1, 0.15) is 0 Å². The van der Waals surface area contributed by atoms with Crippen molar-refractivity contribution in [3.05, 3.63) is 29.6 Å². The maximum absolute atomic E-state index is 4.58. The first-order chi connectivity index (χ1) is 7.25. The van der Waals surface area contributed by atoms with Crippen molar-refractivity contribution >= 4 is 0 Å². The molecule has 1 aromatic heterocycles. The highest BCUT2D eigenvalue weighted by molar-refractivity contribution is 5.11. The minimum atomic E-state index is 0.702. The van der Waals surface area contributed by atoms with Gasteiger partial charge < -0.3 is 4.90 Å². The number of pyridine rings is 1. The molecular weight excluding hydrogens is 184 g/mol. The Morgan fingerprint density at radius 2 is 2.27 bits per heavy atom. The van der Waals surface area contributed by atoms with E-state index >= 15 is 0 Å². The van der Waals surface area contributed by atoms with E-state index in [9.17, 15) is 0 Å². The molecule has 0 bridgehead atoms. The number of piperidine rings is 1. The summed E-state index contributed by atoms with van der Waals surface area (Å²) in [5.74, 6) is 0. The Morgan fingerprint density at radius 1 is 1.40 bits per heavy atom. The Labute approximate surface area is 92.3 Å². The molecule has 0 aromatic carbocycles. The number of hydrogen-bond donors (Lipinski definition) is 0. The zero-order valence-corrected chi connectivity index (χ0v) is 9.74. The lowest BCUT2D eigenvalue weighted by Gasteiger charge is -2.32. The first kappa shape index (κ1) is 10.6. The summed E-state index contributed by atoms with van der Waals surface area (Å²) in [6.07, 6.45) is 5.17. The third-order valence-corrected chi connectivity index (χ3v) is 3.31. The molecule has 15 heavy (non-hydrogen) atoms. The Morgan fingerprint density at radius 3 is 3.00 bits per heavy atom. The van der Waals surface area contributed by atoms with E-state index in [1.807, 2.05) is 0 Å². The third-order valence-electron chi connectivity index (χ3n) is 3.31. The molecule has 2 heteroatoms. The van der Waals surface area contributed by atoms with Crippen LogP contribution in [0.15, 0.2) is 18.2 Å². The zero-order chi connectivity index (χ0) is 10.7. The van der Waals surface area contributed by atoms with Gasteiger partial charge >= 0.3 is 0 Å². The molecule has 1 unspecified atom stereocenters. The lowest BCUT2D eigenvalue weighted by Crippen LogP contribution is -2.37. The van der Waals surface area contributed by atoms with E-state index in [1.165, 1.54) is 31.5 Å². The standard InChI is InChI=1S/C13H20N2/c1-11-6-5-7-12(14-11)10-13-8-3-4-9-15(13)2/h5-7,13H,3-4,8-10H2,1-2H3. The smallest absolute Gasteiger partial charge is 0.0422 e. The fourth-order valence-electron chi connectivity index (χ4n) is 2.36. The van der Waals surface area contributed by atoms with Crippen molar-refractivity contribution in [3.63, 3.8) is 0 Å². The van der Waals surface area contributed by atoms with Crippen molar-refractivity contribution in [1.29, 1.82) is 0 Å². The van der Waals surface area contributed by atoms with E-state index in [0.717, 1.165) is 12.1 Å². The van der Waals surface area contributed by atoms with Crippen LogP contribution in [0.25, 0.3) is 0 Å². The van der Waals surface area contributed by atoms with Crippen molar-refractivity contribution in [3.8, 4) is 0 Å². The molecule has 0 radical (unpaired) electrons. The fourth-order valence-corrected chi connectivity index (χ4v) is 2.36. The van der Waals surface area contributed by atoms with Crippen LogP contribution in [-0.2, 0) is 6.42 Å². The second-order valence-corrected chi connectivity index (χ2v) is 4.60. The summed E-state index contributed by atoms with van der Waals surface area (Å²) in [5.41, 5.74) is 2.37. The number of rotatable bonds is 2. The average Bonchev–Trinajstić information content (AvgIpc) is 2.22. The van der Waals surface area contributed by atoms with Crippen LogP contribution in [0.1, 0.15) is 30.7 Å². The molecule has 2 nitrogen and oxygen atoms in total. The highest BCUT2D eigenvalue weighted by Crippen LogP contribution is 2.18. The molecule has 2 rings (SSSR count). The van der Waals surface area contributed by atoms with Crippen molar-refractivity contribution in [1.82, 2.24) is 9.88 Å². The topological polar surface area (TPSA) is 16.1 Å². The quantitative estimate of drug-likeness (QED) is 0.735. The summed E-state index contributed by atoms with van der Waals surface area (Å²) < 4.78 is 0. The molecule has 1 atom stereocenters. The predicted octanol–water partition coefficient (Wildman–Crippen LogP) is 2.42. The van der Waals surface area contributed by atoms with Crippen molar-refractivity contribution in [2.45, 2.75) is 38.6 Å². The molecule has 0 aliphatic carbocycles. The van der Waals surface area contributed by atoms with Gasteiger partial charge in [-0.15, -0.1) is 0 Å². The number of nitrogens with zero attached hydrogens (tertiary/aromatic N) is 2. The minimum absolute atomic E-state index is 0.702. The van der Waals surface area contributed by atoms with Gasteiger partial charge in [0, 0.05) is 23.9 Å². The number of likely N-dealkylation sites (N-methyl/N-ethyl adjacent to an activating group) is 1. The third kappa shape index (κ3) is 2.78. The second kappa shape index (κ2) is 4.75. The Bertz CT molecular complexity index is 322. The summed E-state index contributed by atoms with van der Waals surface area (Å²) >= 11 is 0. The maximum Gasteiger partial charge on any atom is 0.0422 e. The van der Waals surface area contributed by atoms with Crippen molar-refractivity contribution < 1.29 is 0 Å². The van der Waals surface area contributed by atoms with E-state index in [-0.39, 0.29) is 0 Å². The molecular formula is C13H20N2. The van der Waals surface area contributed by atoms with Crippen molar-refractivity contribution in [2.24, 2.45) is 0 Å². The summed E-state index contributed by atoms with van der Waals surface area (Å²) in [7, 11) is 2.24. The highest BCUT2D eigenvalue weighted by atomic mass is 15.1. The van der Waals surface area contributed by atoms with Gasteiger partial charge in [0.2, 0.25) is 0 Å². The van der Waals surface area contributed by atoms with E-state index in [2.05, 4.69) is 42.1 Å². The van der Waals surface area contributed by atoms with Crippen LogP contribution in [0.3, 0.4) is 0 Å². The van der Waals surface area contributed by atoms with Gasteiger partial charge in [-0.2, -0.15) is 0 Å². The minimum Gasteiger partial charge on any atom is -0.303 e. The molecule has 0 N–H and O–H groups in total. The van der Waals surface area contributed by atoms with Crippen LogP contribution in [-0.4, -0.2) is 29.5 Å². The summed E-state index contributed by atoms with van der Waals surface area (Å²) in [5, 5.41) is 0. The largest absolute Gasteiger partial charge is 0.303 e. The first-order valence-electron chi connectivity index (χ1n) is 5.88. The predicted molar refractivity (Wildman–Crippen MR) is 62.9 cm³/mol. The number of hydrogen-bond acceptors (Lipinski definition) is 2. The van der Waals surface area contributed by atoms with Crippen LogP contribution in [0.4, 0.5) is 0 Å². The summed E-state index contributed by atoms with van der Waals surface area (Å²) in [4.78, 5) is 7.05. The van der Waals surface area contributed by atoms with Gasteiger partial charge in [-0.05, 0) is 45.5 Å². The van der Waals surface area contributed by atoms with Gasteiger partial charge in [-0.3, -0.25) is 4.98 Å². The SMILES string of the molecule is Cc1cccc(CC2CCCCN2C)n1. The second-order valence-electron chi connectivity index (χ2n) is 4.60. The average molecular weight is 204 g/mol. The van der Waals surface area contributed by atoms with Crippen LogP contribution < -0.4 is 0 Å².